The summed E-state index contributed by atoms with van der Waals surface area (Å²) in [6.07, 6.45) is 3.60. The maximum absolute atomic E-state index is 15.1. The number of fused-ring (bicyclic) bond motifs is 2. The third-order valence-corrected chi connectivity index (χ3v) is 15.0. The number of likely N-dealkylation sites (tertiary alicyclic amines) is 1. The van der Waals surface area contributed by atoms with Crippen molar-refractivity contribution < 1.29 is 32.7 Å². The lowest BCUT2D eigenvalue weighted by atomic mass is 9.85. The van der Waals surface area contributed by atoms with Gasteiger partial charge in [-0.2, -0.15) is 5.10 Å². The smallest absolute Gasteiger partial charge is 0.264 e. The van der Waals surface area contributed by atoms with Gasteiger partial charge in [0.25, 0.3) is 6.43 Å². The molecule has 0 radical (unpaired) electrons. The number of pyridine rings is 1. The molecule has 2 fully saturated rings. The molecule has 2 saturated heterocycles. The first-order valence-corrected chi connectivity index (χ1v) is 25.0. The highest BCUT2D eigenvalue weighted by Gasteiger charge is 2.42. The predicted octanol–water partition coefficient (Wildman–Crippen LogP) is 8.04. The zero-order valence-corrected chi connectivity index (χ0v) is 40.8. The molecule has 3 aromatic heterocycles. The van der Waals surface area contributed by atoms with E-state index in [4.69, 9.17) is 9.84 Å². The molecule has 2 N–H and O–H groups in total. The molecule has 7 heterocycles. The third-order valence-electron chi connectivity index (χ3n) is 14.1. The van der Waals surface area contributed by atoms with Gasteiger partial charge in [0, 0.05) is 92.7 Å². The molecular formula is C52H61F2N9O5S. The number of aromatic nitrogens is 4. The minimum absolute atomic E-state index is 0.00954. The minimum atomic E-state index is -2.79. The van der Waals surface area contributed by atoms with Gasteiger partial charge in [-0.3, -0.25) is 28.8 Å². The van der Waals surface area contributed by atoms with Gasteiger partial charge in [-0.05, 0) is 91.3 Å². The minimum Gasteiger partial charge on any atom is -0.381 e. The van der Waals surface area contributed by atoms with Crippen LogP contribution in [0.25, 0.3) is 21.6 Å². The van der Waals surface area contributed by atoms with Crippen molar-refractivity contribution in [2.24, 2.45) is 5.41 Å². The molecule has 0 spiro atoms. The Bertz CT molecular complexity index is 2710. The third kappa shape index (κ3) is 10.2. The first kappa shape index (κ1) is 48.0. The Kier molecular flexibility index (Phi) is 14.0. The first-order chi connectivity index (χ1) is 33.1. The van der Waals surface area contributed by atoms with Crippen molar-refractivity contribution >= 4 is 46.5 Å². The number of amides is 4. The number of hydrogen-bond donors (Lipinski definition) is 2. The number of aryl methyl sites for hydroxylation is 2. The van der Waals surface area contributed by atoms with Crippen molar-refractivity contribution in [2.75, 3.05) is 37.7 Å². The van der Waals surface area contributed by atoms with Gasteiger partial charge in [0.1, 0.15) is 12.1 Å². The number of hydrogen-bond acceptors (Lipinski definition) is 10. The molecule has 2 aromatic carbocycles. The maximum Gasteiger partial charge on any atom is 0.264 e. The fourth-order valence-electron chi connectivity index (χ4n) is 10.3. The molecule has 0 aliphatic carbocycles. The normalized spacial score (nSPS) is 18.0. The van der Waals surface area contributed by atoms with E-state index in [0.29, 0.717) is 94.1 Å². The van der Waals surface area contributed by atoms with Crippen molar-refractivity contribution in [2.45, 2.75) is 124 Å². The highest BCUT2D eigenvalue weighted by molar-refractivity contribution is 7.13. The van der Waals surface area contributed by atoms with Crippen LogP contribution in [0.4, 0.5) is 20.3 Å². The number of benzene rings is 2. The van der Waals surface area contributed by atoms with E-state index < -0.39 is 29.8 Å². The Balaban J connectivity index is 0.877. The van der Waals surface area contributed by atoms with E-state index in [9.17, 15) is 19.2 Å². The summed E-state index contributed by atoms with van der Waals surface area (Å²) in [5.41, 5.74) is 8.95. The highest BCUT2D eigenvalue weighted by atomic mass is 32.1. The van der Waals surface area contributed by atoms with Gasteiger partial charge in [0.15, 0.2) is 5.82 Å². The topological polar surface area (TPSA) is 155 Å². The summed E-state index contributed by atoms with van der Waals surface area (Å²) in [6, 6.07) is 13.4. The number of ether oxygens (including phenoxy) is 1. The van der Waals surface area contributed by atoms with Gasteiger partial charge in [-0.15, -0.1) is 11.3 Å². The molecule has 14 nitrogen and oxygen atoms in total. The van der Waals surface area contributed by atoms with E-state index in [1.165, 1.54) is 6.20 Å². The van der Waals surface area contributed by atoms with Gasteiger partial charge in [0.05, 0.1) is 35.1 Å². The monoisotopic (exact) mass is 961 g/mol. The summed E-state index contributed by atoms with van der Waals surface area (Å²) in [6.45, 7) is 12.8. The van der Waals surface area contributed by atoms with Crippen LogP contribution in [0.3, 0.4) is 0 Å². The second kappa shape index (κ2) is 20.1. The second-order valence-electron chi connectivity index (χ2n) is 19.8. The zero-order valence-electron chi connectivity index (χ0n) is 40.0. The van der Waals surface area contributed by atoms with Gasteiger partial charge < -0.3 is 30.1 Å². The number of rotatable bonds is 12. The molecule has 9 rings (SSSR count). The molecular weight excluding hydrogens is 901 g/mol. The summed E-state index contributed by atoms with van der Waals surface area (Å²) < 4.78 is 38.0. The van der Waals surface area contributed by atoms with Crippen LogP contribution < -0.4 is 15.5 Å². The number of nitrogens with one attached hydrogen (secondary N) is 2. The van der Waals surface area contributed by atoms with Crippen molar-refractivity contribution in [3.05, 3.63) is 99.6 Å². The van der Waals surface area contributed by atoms with Crippen LogP contribution in [0.2, 0.25) is 0 Å². The number of thiazole rings is 1. The van der Waals surface area contributed by atoms with E-state index in [2.05, 4.69) is 30.2 Å². The van der Waals surface area contributed by atoms with Crippen LogP contribution in [0.1, 0.15) is 112 Å². The molecule has 5 aromatic rings. The lowest BCUT2D eigenvalue weighted by Gasteiger charge is -2.35. The summed E-state index contributed by atoms with van der Waals surface area (Å²) >= 11 is 1.58. The van der Waals surface area contributed by atoms with Crippen LogP contribution in [0, 0.1) is 12.3 Å². The Morgan fingerprint density at radius 3 is 2.38 bits per heavy atom. The maximum atomic E-state index is 15.1. The Morgan fingerprint density at radius 2 is 1.70 bits per heavy atom. The molecule has 17 heteroatoms. The molecule has 0 bridgehead atoms. The highest BCUT2D eigenvalue weighted by Crippen LogP contribution is 2.44. The Morgan fingerprint density at radius 1 is 0.928 bits per heavy atom. The average molecular weight is 962 g/mol. The summed E-state index contributed by atoms with van der Waals surface area (Å²) in [5.74, 6) is -0.271. The van der Waals surface area contributed by atoms with E-state index >= 15 is 8.78 Å². The first-order valence-electron chi connectivity index (χ1n) is 24.1. The van der Waals surface area contributed by atoms with Gasteiger partial charge >= 0.3 is 0 Å². The second-order valence-corrected chi connectivity index (χ2v) is 20.7. The summed E-state index contributed by atoms with van der Waals surface area (Å²) in [5, 5.41) is 11.2. The summed E-state index contributed by atoms with van der Waals surface area (Å²) in [7, 11) is 0. The number of carbonyl (C=O) groups is 4. The fourth-order valence-corrected chi connectivity index (χ4v) is 11.1. The molecule has 0 saturated carbocycles. The number of anilines is 2. The molecule has 69 heavy (non-hydrogen) atoms. The van der Waals surface area contributed by atoms with Crippen molar-refractivity contribution in [3.63, 3.8) is 0 Å². The standard InChI is InChI=1S/C52H61F2N9O5S/c1-31-46(69-30-57-31)34-12-10-33(11-13-34)27-56-50(66)43-9-7-20-62(43)51(67)47(52(3,4)5)58-45(65)25-37-15-14-36(28-55-37)39-24-35-8-6-19-61(44(35)26-40(39)48(53)54)49-41-29-60(32(2)64)21-16-42(41)63(59-49)38-17-22-68-23-18-38/h10-15,24,26,28,30,38,43,47-48H,6-9,16-23,25,27,29H2,1-5H3,(H,56,66)(H,58,65)/t43?,47-/m1/s1. The van der Waals surface area contributed by atoms with E-state index in [-0.39, 0.29) is 35.7 Å². The van der Waals surface area contributed by atoms with Gasteiger partial charge in [-0.1, -0.05) is 51.1 Å². The van der Waals surface area contributed by atoms with Crippen LogP contribution >= 0.6 is 11.3 Å². The van der Waals surface area contributed by atoms with E-state index in [1.807, 2.05) is 68.4 Å². The fraction of sp³-hybridized carbons (Fsp3) is 0.481. The Labute approximate surface area is 405 Å². The number of alkyl halides is 2. The van der Waals surface area contributed by atoms with E-state index in [1.54, 1.807) is 41.4 Å². The van der Waals surface area contributed by atoms with Crippen LogP contribution in [0.15, 0.2) is 60.2 Å². The van der Waals surface area contributed by atoms with Gasteiger partial charge in [-0.25, -0.2) is 13.8 Å². The Hall–Kier alpha value is -6.07. The van der Waals surface area contributed by atoms with Crippen molar-refractivity contribution in [3.8, 4) is 21.6 Å². The number of halogens is 2. The zero-order chi connectivity index (χ0) is 48.6. The summed E-state index contributed by atoms with van der Waals surface area (Å²) in [4.78, 5) is 69.5. The quantitative estimate of drug-likeness (QED) is 0.127. The van der Waals surface area contributed by atoms with Crippen LogP contribution in [-0.4, -0.2) is 98.1 Å². The molecule has 2 atom stereocenters. The average Bonchev–Trinajstić information content (AvgIpc) is 4.11. The lowest BCUT2D eigenvalue weighted by molar-refractivity contribution is -0.143. The number of carbonyl (C=O) groups excluding carboxylic acids is 4. The molecule has 364 valence electrons. The van der Waals surface area contributed by atoms with Gasteiger partial charge in [0.2, 0.25) is 23.6 Å². The molecule has 4 aliphatic rings. The molecule has 1 unspecified atom stereocenters. The largest absolute Gasteiger partial charge is 0.381 e. The van der Waals surface area contributed by atoms with Crippen LogP contribution in [0.5, 0.6) is 0 Å². The van der Waals surface area contributed by atoms with E-state index in [0.717, 1.165) is 63.6 Å². The lowest BCUT2D eigenvalue weighted by Crippen LogP contribution is -2.57. The molecule has 4 amide bonds. The predicted molar refractivity (Wildman–Crippen MR) is 260 cm³/mol. The number of nitrogens with zero attached hydrogens (tertiary/aromatic N) is 7. The van der Waals surface area contributed by atoms with Crippen molar-refractivity contribution in [1.29, 1.82) is 0 Å². The van der Waals surface area contributed by atoms with Crippen LogP contribution in [-0.2, 0) is 56.3 Å². The SMILES string of the molecule is CC(=O)N1CCc2c(c(N3CCCc4cc(-c5ccc(CC(=O)N[C@H](C(=O)N6CCCC6C(=O)NCc6ccc(-c7scnc7C)cc6)C(C)(C)C)nc5)c(C(F)F)cc43)nn2C2CCOCC2)C1. The molecule has 4 aliphatic heterocycles. The van der Waals surface area contributed by atoms with Crippen molar-refractivity contribution in [1.82, 2.24) is 40.2 Å².